The summed E-state index contributed by atoms with van der Waals surface area (Å²) in [7, 11) is -3.53. The smallest absolute Gasteiger partial charge is 0.307 e. The van der Waals surface area contributed by atoms with Crippen LogP contribution in [0.1, 0.15) is 5.69 Å². The van der Waals surface area contributed by atoms with E-state index in [1.807, 2.05) is 18.2 Å². The van der Waals surface area contributed by atoms with E-state index >= 15 is 0 Å². The number of H-pyrrole nitrogens is 1. The molecule has 8 heteroatoms. The van der Waals surface area contributed by atoms with Crippen LogP contribution < -0.4 is 4.18 Å². The Balaban J connectivity index is 1.95. The van der Waals surface area contributed by atoms with Crippen molar-refractivity contribution in [2.75, 3.05) is 6.26 Å². The van der Waals surface area contributed by atoms with Crippen LogP contribution >= 0.6 is 11.8 Å². The predicted octanol–water partition coefficient (Wildman–Crippen LogP) is 1.44. The summed E-state index contributed by atoms with van der Waals surface area (Å²) in [6.45, 7) is 0. The van der Waals surface area contributed by atoms with E-state index in [0.29, 0.717) is 5.75 Å². The van der Waals surface area contributed by atoms with Crippen LogP contribution in [0.4, 0.5) is 0 Å². The van der Waals surface area contributed by atoms with Crippen molar-refractivity contribution in [3.05, 3.63) is 36.2 Å². The second kappa shape index (κ2) is 5.40. The molecule has 2 rings (SSSR count). The van der Waals surface area contributed by atoms with Crippen molar-refractivity contribution in [3.8, 4) is 5.88 Å². The van der Waals surface area contributed by atoms with Gasteiger partial charge in [-0.05, 0) is 12.1 Å². The second-order valence-electron chi connectivity index (χ2n) is 3.48. The molecule has 0 amide bonds. The lowest BCUT2D eigenvalue weighted by Gasteiger charge is -1.97. The maximum atomic E-state index is 10.9. The molecule has 18 heavy (non-hydrogen) atoms. The highest BCUT2D eigenvalue weighted by atomic mass is 32.2. The van der Waals surface area contributed by atoms with Crippen molar-refractivity contribution >= 4 is 21.9 Å². The average molecular weight is 285 g/mol. The Kier molecular flexibility index (Phi) is 3.87. The maximum absolute atomic E-state index is 10.9. The first-order valence-corrected chi connectivity index (χ1v) is 7.81. The van der Waals surface area contributed by atoms with Crippen LogP contribution in [0.3, 0.4) is 0 Å². The van der Waals surface area contributed by atoms with Gasteiger partial charge in [-0.1, -0.05) is 6.07 Å². The van der Waals surface area contributed by atoms with Gasteiger partial charge in [-0.2, -0.15) is 8.42 Å². The third-order valence-electron chi connectivity index (χ3n) is 1.86. The Hall–Kier alpha value is -1.54. The van der Waals surface area contributed by atoms with E-state index in [0.717, 1.165) is 17.0 Å². The van der Waals surface area contributed by atoms with E-state index in [1.165, 1.54) is 11.8 Å². The first-order chi connectivity index (χ1) is 8.53. The Morgan fingerprint density at radius 3 is 2.94 bits per heavy atom. The maximum Gasteiger partial charge on any atom is 0.307 e. The highest BCUT2D eigenvalue weighted by Gasteiger charge is 2.08. The predicted molar refractivity (Wildman–Crippen MR) is 67.9 cm³/mol. The molecule has 0 aliphatic heterocycles. The van der Waals surface area contributed by atoms with Gasteiger partial charge in [-0.3, -0.25) is 5.10 Å². The molecule has 0 aliphatic rings. The lowest BCUT2D eigenvalue weighted by atomic mass is 10.5. The van der Waals surface area contributed by atoms with E-state index in [4.69, 9.17) is 0 Å². The van der Waals surface area contributed by atoms with Gasteiger partial charge in [0.2, 0.25) is 0 Å². The molecule has 2 aromatic heterocycles. The number of hydrogen-bond acceptors (Lipinski definition) is 6. The summed E-state index contributed by atoms with van der Waals surface area (Å²) in [4.78, 5) is 4.16. The third-order valence-corrected chi connectivity index (χ3v) is 3.32. The van der Waals surface area contributed by atoms with Gasteiger partial charge >= 0.3 is 10.1 Å². The highest BCUT2D eigenvalue weighted by Crippen LogP contribution is 2.21. The van der Waals surface area contributed by atoms with Crippen molar-refractivity contribution in [1.29, 1.82) is 0 Å². The van der Waals surface area contributed by atoms with Gasteiger partial charge in [0.15, 0.2) is 0 Å². The number of pyridine rings is 1. The van der Waals surface area contributed by atoms with Gasteiger partial charge in [-0.25, -0.2) is 4.98 Å². The van der Waals surface area contributed by atoms with E-state index in [1.54, 1.807) is 12.3 Å². The van der Waals surface area contributed by atoms with Crippen LogP contribution in [-0.4, -0.2) is 29.9 Å². The molecule has 0 unspecified atom stereocenters. The number of aromatic amines is 1. The topological polar surface area (TPSA) is 84.9 Å². The van der Waals surface area contributed by atoms with Gasteiger partial charge < -0.3 is 4.18 Å². The fourth-order valence-corrected chi connectivity index (χ4v) is 2.35. The summed E-state index contributed by atoms with van der Waals surface area (Å²) in [6.07, 6.45) is 2.69. The number of rotatable bonds is 5. The first-order valence-electron chi connectivity index (χ1n) is 5.00. The Bertz CT molecular complexity index is 610. The van der Waals surface area contributed by atoms with Gasteiger partial charge in [0, 0.05) is 23.7 Å². The fraction of sp³-hybridized carbons (Fsp3) is 0.200. The van der Waals surface area contributed by atoms with Crippen molar-refractivity contribution in [3.63, 3.8) is 0 Å². The molecule has 0 saturated heterocycles. The summed E-state index contributed by atoms with van der Waals surface area (Å²) in [5.41, 5.74) is 0.768. The number of nitrogens with one attached hydrogen (secondary N) is 1. The lowest BCUT2D eigenvalue weighted by molar-refractivity contribution is 0.482. The van der Waals surface area contributed by atoms with Gasteiger partial charge in [0.05, 0.1) is 11.3 Å². The van der Waals surface area contributed by atoms with Crippen molar-refractivity contribution < 1.29 is 12.6 Å². The average Bonchev–Trinajstić information content (AvgIpc) is 2.73. The third kappa shape index (κ3) is 4.04. The molecule has 0 spiro atoms. The molecular weight excluding hydrogens is 274 g/mol. The molecule has 2 heterocycles. The summed E-state index contributed by atoms with van der Waals surface area (Å²) in [6, 6.07) is 7.20. The normalized spacial score (nSPS) is 11.4. The molecule has 0 bridgehead atoms. The molecule has 2 aromatic rings. The van der Waals surface area contributed by atoms with E-state index < -0.39 is 10.1 Å². The molecule has 0 radical (unpaired) electrons. The van der Waals surface area contributed by atoms with Crippen molar-refractivity contribution in [2.24, 2.45) is 0 Å². The zero-order chi connectivity index (χ0) is 13.0. The first kappa shape index (κ1) is 12.9. The van der Waals surface area contributed by atoms with Gasteiger partial charge in [0.1, 0.15) is 0 Å². The van der Waals surface area contributed by atoms with Crippen LogP contribution in [0.5, 0.6) is 5.88 Å². The molecule has 0 fully saturated rings. The minimum atomic E-state index is -3.53. The van der Waals surface area contributed by atoms with E-state index in [2.05, 4.69) is 19.4 Å². The standard InChI is InChI=1S/C10H11N3O3S2/c1-18(14,15)16-9-6-8(12-13-9)7-17-10-4-2-3-5-11-10/h2-6H,7H2,1H3,(H,12,13). The number of hydrogen-bond donors (Lipinski definition) is 1. The van der Waals surface area contributed by atoms with Crippen LogP contribution in [-0.2, 0) is 15.9 Å². The SMILES string of the molecule is CS(=O)(=O)Oc1cc(CSc2ccccn2)[nH]n1. The summed E-state index contributed by atoms with van der Waals surface area (Å²) in [5.74, 6) is 0.658. The largest absolute Gasteiger partial charge is 0.360 e. The zero-order valence-corrected chi connectivity index (χ0v) is 11.2. The number of nitrogens with zero attached hydrogens (tertiary/aromatic N) is 2. The quantitative estimate of drug-likeness (QED) is 0.661. The molecule has 1 N–H and O–H groups in total. The van der Waals surface area contributed by atoms with Crippen LogP contribution in [0.25, 0.3) is 0 Å². The molecule has 0 atom stereocenters. The second-order valence-corrected chi connectivity index (χ2v) is 6.05. The highest BCUT2D eigenvalue weighted by molar-refractivity contribution is 7.98. The molecule has 96 valence electrons. The molecule has 0 aliphatic carbocycles. The van der Waals surface area contributed by atoms with E-state index in [9.17, 15) is 8.42 Å². The Morgan fingerprint density at radius 2 is 2.28 bits per heavy atom. The summed E-state index contributed by atoms with van der Waals surface area (Å²) >= 11 is 1.52. The molecular formula is C10H11N3O3S2. The van der Waals surface area contributed by atoms with E-state index in [-0.39, 0.29) is 5.88 Å². The van der Waals surface area contributed by atoms with Crippen molar-refractivity contribution in [2.45, 2.75) is 10.8 Å². The minimum absolute atomic E-state index is 0.0501. The van der Waals surface area contributed by atoms with Gasteiger partial charge in [0.25, 0.3) is 5.88 Å². The minimum Gasteiger partial charge on any atom is -0.360 e. The van der Waals surface area contributed by atoms with Crippen LogP contribution in [0.15, 0.2) is 35.5 Å². The lowest BCUT2D eigenvalue weighted by Crippen LogP contribution is -2.05. The summed E-state index contributed by atoms with van der Waals surface area (Å²) in [5, 5.41) is 7.35. The monoisotopic (exact) mass is 285 g/mol. The summed E-state index contributed by atoms with van der Waals surface area (Å²) < 4.78 is 26.4. The molecule has 0 aromatic carbocycles. The number of thioether (sulfide) groups is 1. The van der Waals surface area contributed by atoms with Crippen LogP contribution in [0.2, 0.25) is 0 Å². The molecule has 6 nitrogen and oxygen atoms in total. The Labute approximate surface area is 109 Å². The van der Waals surface area contributed by atoms with Crippen molar-refractivity contribution in [1.82, 2.24) is 15.2 Å². The molecule has 0 saturated carbocycles. The number of aromatic nitrogens is 3. The fourth-order valence-electron chi connectivity index (χ4n) is 1.20. The van der Waals surface area contributed by atoms with Gasteiger partial charge in [-0.15, -0.1) is 16.9 Å². The van der Waals surface area contributed by atoms with Crippen LogP contribution in [0, 0.1) is 0 Å². The Morgan fingerprint density at radius 1 is 1.44 bits per heavy atom. The zero-order valence-electron chi connectivity index (χ0n) is 9.53.